The molecule has 17 heavy (non-hydrogen) atoms. The van der Waals surface area contributed by atoms with E-state index in [9.17, 15) is 4.79 Å². The van der Waals surface area contributed by atoms with Gasteiger partial charge in [-0.25, -0.2) is 0 Å². The molecule has 0 aliphatic heterocycles. The number of hydrogen-bond donors (Lipinski definition) is 1. The van der Waals surface area contributed by atoms with Gasteiger partial charge in [-0.15, -0.1) is 0 Å². The molecule has 1 unspecified atom stereocenters. The molecule has 3 heteroatoms. The standard InChI is InChI=1S/C14H19NO2/c1-9-7-11(5-6-13(9)17-2)12(8-14(15)16)10-3-4-10/h5-7,10,12H,3-4,8H2,1-2H3,(H2,15,16). The number of methoxy groups -OCH3 is 1. The third-order valence-electron chi connectivity index (χ3n) is 3.46. The molecule has 1 amide bonds. The van der Waals surface area contributed by atoms with Crippen molar-refractivity contribution in [1.82, 2.24) is 0 Å². The first-order valence-corrected chi connectivity index (χ1v) is 6.04. The van der Waals surface area contributed by atoms with Crippen molar-refractivity contribution in [3.05, 3.63) is 29.3 Å². The highest BCUT2D eigenvalue weighted by atomic mass is 16.5. The number of amides is 1. The number of benzene rings is 1. The third-order valence-corrected chi connectivity index (χ3v) is 3.46. The van der Waals surface area contributed by atoms with Gasteiger partial charge in [0, 0.05) is 6.42 Å². The van der Waals surface area contributed by atoms with Crippen LogP contribution in [0.25, 0.3) is 0 Å². The first kappa shape index (κ1) is 12.0. The van der Waals surface area contributed by atoms with Crippen LogP contribution >= 0.6 is 0 Å². The van der Waals surface area contributed by atoms with Crippen molar-refractivity contribution in [2.45, 2.75) is 32.1 Å². The summed E-state index contributed by atoms with van der Waals surface area (Å²) >= 11 is 0. The number of rotatable bonds is 5. The van der Waals surface area contributed by atoms with Crippen LogP contribution in [0.4, 0.5) is 0 Å². The van der Waals surface area contributed by atoms with Gasteiger partial charge in [0.2, 0.25) is 5.91 Å². The van der Waals surface area contributed by atoms with E-state index in [0.717, 1.165) is 11.3 Å². The lowest BCUT2D eigenvalue weighted by molar-refractivity contribution is -0.118. The molecular weight excluding hydrogens is 214 g/mol. The van der Waals surface area contributed by atoms with Crippen LogP contribution in [0.3, 0.4) is 0 Å². The molecule has 0 heterocycles. The molecular formula is C14H19NO2. The first-order chi connectivity index (χ1) is 8.11. The van der Waals surface area contributed by atoms with Crippen LogP contribution in [0.1, 0.15) is 36.3 Å². The Kier molecular flexibility index (Phi) is 3.36. The Morgan fingerprint density at radius 1 is 1.53 bits per heavy atom. The Labute approximate surface area is 102 Å². The molecule has 0 aromatic heterocycles. The Morgan fingerprint density at radius 2 is 2.24 bits per heavy atom. The molecule has 1 aliphatic rings. The highest BCUT2D eigenvalue weighted by Crippen LogP contribution is 2.44. The number of aryl methyl sites for hydroxylation is 1. The van der Waals surface area contributed by atoms with Gasteiger partial charge in [0.05, 0.1) is 7.11 Å². The highest BCUT2D eigenvalue weighted by Gasteiger charge is 2.33. The van der Waals surface area contributed by atoms with Gasteiger partial charge in [-0.1, -0.05) is 12.1 Å². The minimum atomic E-state index is -0.213. The van der Waals surface area contributed by atoms with Crippen molar-refractivity contribution in [3.63, 3.8) is 0 Å². The number of ether oxygens (including phenoxy) is 1. The van der Waals surface area contributed by atoms with E-state index in [1.807, 2.05) is 13.0 Å². The predicted octanol–water partition coefficient (Wildman–Crippen LogP) is 2.37. The summed E-state index contributed by atoms with van der Waals surface area (Å²) < 4.78 is 5.25. The molecule has 3 nitrogen and oxygen atoms in total. The van der Waals surface area contributed by atoms with Gasteiger partial charge < -0.3 is 10.5 Å². The fraction of sp³-hybridized carbons (Fsp3) is 0.500. The quantitative estimate of drug-likeness (QED) is 0.848. The third kappa shape index (κ3) is 2.78. The van der Waals surface area contributed by atoms with E-state index in [1.165, 1.54) is 18.4 Å². The summed E-state index contributed by atoms with van der Waals surface area (Å²) in [6.07, 6.45) is 2.88. The predicted molar refractivity (Wildman–Crippen MR) is 67.0 cm³/mol. The van der Waals surface area contributed by atoms with Crippen molar-refractivity contribution in [2.75, 3.05) is 7.11 Å². The summed E-state index contributed by atoms with van der Waals surface area (Å²) in [5, 5.41) is 0. The topological polar surface area (TPSA) is 52.3 Å². The van der Waals surface area contributed by atoms with Crippen LogP contribution in [0, 0.1) is 12.8 Å². The zero-order valence-electron chi connectivity index (χ0n) is 10.4. The highest BCUT2D eigenvalue weighted by molar-refractivity contribution is 5.75. The van der Waals surface area contributed by atoms with Crippen molar-refractivity contribution in [2.24, 2.45) is 11.7 Å². The Balaban J connectivity index is 2.23. The molecule has 1 aromatic carbocycles. The molecule has 0 spiro atoms. The Bertz CT molecular complexity index is 424. The molecule has 1 atom stereocenters. The van der Waals surface area contributed by atoms with Crippen LogP contribution in [-0.4, -0.2) is 13.0 Å². The van der Waals surface area contributed by atoms with Gasteiger partial charge in [-0.2, -0.15) is 0 Å². The van der Waals surface area contributed by atoms with Gasteiger partial charge in [0.1, 0.15) is 5.75 Å². The van der Waals surface area contributed by atoms with Gasteiger partial charge in [0.15, 0.2) is 0 Å². The molecule has 1 saturated carbocycles. The van der Waals surface area contributed by atoms with Crippen molar-refractivity contribution in [1.29, 1.82) is 0 Å². The lowest BCUT2D eigenvalue weighted by Gasteiger charge is -2.16. The maximum atomic E-state index is 11.1. The molecule has 2 N–H and O–H groups in total. The summed E-state index contributed by atoms with van der Waals surface area (Å²) in [5.41, 5.74) is 7.65. The fourth-order valence-corrected chi connectivity index (χ4v) is 2.40. The molecule has 92 valence electrons. The van der Waals surface area contributed by atoms with Crippen LogP contribution < -0.4 is 10.5 Å². The maximum Gasteiger partial charge on any atom is 0.218 e. The van der Waals surface area contributed by atoms with Gasteiger partial charge in [-0.3, -0.25) is 4.79 Å². The number of carbonyl (C=O) groups is 1. The van der Waals surface area contributed by atoms with Crippen LogP contribution in [0.2, 0.25) is 0 Å². The number of hydrogen-bond acceptors (Lipinski definition) is 2. The Morgan fingerprint density at radius 3 is 2.71 bits per heavy atom. The lowest BCUT2D eigenvalue weighted by atomic mass is 9.89. The maximum absolute atomic E-state index is 11.1. The molecule has 0 saturated heterocycles. The SMILES string of the molecule is COc1ccc(C(CC(N)=O)C2CC2)cc1C. The van der Waals surface area contributed by atoms with E-state index in [2.05, 4.69) is 12.1 Å². The molecule has 0 bridgehead atoms. The number of carbonyl (C=O) groups excluding carboxylic acids is 1. The summed E-state index contributed by atoms with van der Waals surface area (Å²) in [6, 6.07) is 6.14. The number of primary amides is 1. The second-order valence-corrected chi connectivity index (χ2v) is 4.84. The molecule has 0 radical (unpaired) electrons. The molecule has 1 aromatic rings. The lowest BCUT2D eigenvalue weighted by Crippen LogP contribution is -2.16. The van der Waals surface area contributed by atoms with E-state index in [4.69, 9.17) is 10.5 Å². The van der Waals surface area contributed by atoms with E-state index in [0.29, 0.717) is 12.3 Å². The summed E-state index contributed by atoms with van der Waals surface area (Å²) in [5.74, 6) is 1.60. The summed E-state index contributed by atoms with van der Waals surface area (Å²) in [7, 11) is 1.67. The fourth-order valence-electron chi connectivity index (χ4n) is 2.40. The zero-order valence-corrected chi connectivity index (χ0v) is 10.4. The van der Waals surface area contributed by atoms with Gasteiger partial charge >= 0.3 is 0 Å². The second-order valence-electron chi connectivity index (χ2n) is 4.84. The van der Waals surface area contributed by atoms with Crippen LogP contribution in [0.5, 0.6) is 5.75 Å². The van der Waals surface area contributed by atoms with Crippen LogP contribution in [-0.2, 0) is 4.79 Å². The summed E-state index contributed by atoms with van der Waals surface area (Å²) in [6.45, 7) is 2.02. The average Bonchev–Trinajstić information content (AvgIpc) is 3.09. The minimum absolute atomic E-state index is 0.213. The monoisotopic (exact) mass is 233 g/mol. The smallest absolute Gasteiger partial charge is 0.218 e. The first-order valence-electron chi connectivity index (χ1n) is 6.04. The van der Waals surface area contributed by atoms with E-state index < -0.39 is 0 Å². The second kappa shape index (κ2) is 4.78. The van der Waals surface area contributed by atoms with E-state index in [1.54, 1.807) is 7.11 Å². The zero-order chi connectivity index (χ0) is 12.4. The summed E-state index contributed by atoms with van der Waals surface area (Å²) in [4.78, 5) is 11.1. The molecule has 1 aliphatic carbocycles. The normalized spacial score (nSPS) is 16.6. The van der Waals surface area contributed by atoms with Crippen molar-refractivity contribution in [3.8, 4) is 5.75 Å². The molecule has 1 fully saturated rings. The van der Waals surface area contributed by atoms with Crippen LogP contribution in [0.15, 0.2) is 18.2 Å². The van der Waals surface area contributed by atoms with Gasteiger partial charge in [0.25, 0.3) is 0 Å². The Hall–Kier alpha value is -1.51. The number of nitrogens with two attached hydrogens (primary N) is 1. The van der Waals surface area contributed by atoms with Crippen molar-refractivity contribution >= 4 is 5.91 Å². The van der Waals surface area contributed by atoms with Gasteiger partial charge in [-0.05, 0) is 48.8 Å². The minimum Gasteiger partial charge on any atom is -0.496 e. The average molecular weight is 233 g/mol. The van der Waals surface area contributed by atoms with Crippen molar-refractivity contribution < 1.29 is 9.53 Å². The van der Waals surface area contributed by atoms with E-state index >= 15 is 0 Å². The van der Waals surface area contributed by atoms with E-state index in [-0.39, 0.29) is 11.8 Å². The largest absolute Gasteiger partial charge is 0.496 e. The molecule has 2 rings (SSSR count).